The van der Waals surface area contributed by atoms with Gasteiger partial charge >= 0.3 is 0 Å². The molecule has 0 aromatic rings. The molecule has 0 rings (SSSR count). The smallest absolute Gasteiger partial charge is 0.199 e. The Bertz CT molecular complexity index is 494. The van der Waals surface area contributed by atoms with E-state index in [0.717, 1.165) is 11.8 Å². The monoisotopic (exact) mass is 576 g/mol. The molecule has 29 heavy (non-hydrogen) atoms. The highest BCUT2D eigenvalue weighted by atomic mass is 32.2. The Morgan fingerprint density at radius 3 is 1.59 bits per heavy atom. The molecule has 170 valence electrons. The molecule has 0 bridgehead atoms. The average molecular weight is 577 g/mol. The van der Waals surface area contributed by atoms with Gasteiger partial charge < -0.3 is 10.2 Å². The summed E-state index contributed by atoms with van der Waals surface area (Å²) in [6.07, 6.45) is 0. The largest absolute Gasteiger partial charge is 0.386 e. The van der Waals surface area contributed by atoms with Crippen molar-refractivity contribution in [2.24, 2.45) is 0 Å². The topological polar surface area (TPSA) is 109 Å². The first kappa shape index (κ1) is 30.9. The van der Waals surface area contributed by atoms with E-state index in [4.69, 9.17) is 10.2 Å². The molecule has 0 aliphatic carbocycles. The van der Waals surface area contributed by atoms with Gasteiger partial charge in [-0.2, -0.15) is 11.8 Å². The fraction of sp³-hybridized carbons (Fsp3) is 0.786. The van der Waals surface area contributed by atoms with Crippen LogP contribution in [-0.2, 0) is 25.2 Å². The van der Waals surface area contributed by atoms with Crippen molar-refractivity contribution in [3.05, 3.63) is 0 Å². The highest BCUT2D eigenvalue weighted by Gasteiger charge is 2.08. The minimum Gasteiger partial charge on any atom is -0.386 e. The summed E-state index contributed by atoms with van der Waals surface area (Å²) in [6.45, 7) is 0. The lowest BCUT2D eigenvalue weighted by Crippen LogP contribution is -2.05. The van der Waals surface area contributed by atoms with E-state index in [2.05, 4.69) is 0 Å². The van der Waals surface area contributed by atoms with E-state index in [9.17, 15) is 18.6 Å². The first-order valence-corrected chi connectivity index (χ1v) is 18.1. The van der Waals surface area contributed by atoms with Crippen molar-refractivity contribution in [1.82, 2.24) is 0 Å². The third kappa shape index (κ3) is 22.9. The van der Waals surface area contributed by atoms with Gasteiger partial charge in [-0.15, -0.1) is 47.0 Å². The van der Waals surface area contributed by atoms with Gasteiger partial charge in [0.25, 0.3) is 0 Å². The Labute approximate surface area is 208 Å². The van der Waals surface area contributed by atoms with Crippen LogP contribution < -0.4 is 0 Å². The summed E-state index contributed by atoms with van der Waals surface area (Å²) in [7, 11) is -0.982. The molecule has 0 aliphatic heterocycles. The summed E-state index contributed by atoms with van der Waals surface area (Å²) in [4.78, 5) is 34.8. The molecule has 15 heteroatoms. The molecular weight excluding hydrogens is 553 g/mol. The zero-order chi connectivity index (χ0) is 21.7. The van der Waals surface area contributed by atoms with Crippen molar-refractivity contribution in [1.29, 1.82) is 0 Å². The number of carbonyl (C=O) groups excluding carboxylic acids is 3. The van der Waals surface area contributed by atoms with Crippen molar-refractivity contribution in [3.63, 3.8) is 0 Å². The lowest BCUT2D eigenvalue weighted by atomic mass is 10.9. The first-order chi connectivity index (χ1) is 14.0. The van der Waals surface area contributed by atoms with Crippen LogP contribution in [0.5, 0.6) is 0 Å². The van der Waals surface area contributed by atoms with Crippen LogP contribution in [0.1, 0.15) is 0 Å². The van der Waals surface area contributed by atoms with Crippen LogP contribution in [0.2, 0.25) is 0 Å². The molecule has 0 aliphatic rings. The molecule has 0 saturated carbocycles. The third-order valence-electron chi connectivity index (χ3n) is 2.42. The molecule has 6 nitrogen and oxygen atoms in total. The van der Waals surface area contributed by atoms with Gasteiger partial charge in [0.05, 0.1) is 34.2 Å². The van der Waals surface area contributed by atoms with E-state index in [0.29, 0.717) is 37.6 Å². The van der Waals surface area contributed by atoms with Crippen molar-refractivity contribution < 1.29 is 28.8 Å². The Balaban J connectivity index is 3.52. The second-order valence-electron chi connectivity index (χ2n) is 4.58. The van der Waals surface area contributed by atoms with Gasteiger partial charge in [-0.3, -0.25) is 18.6 Å². The number of rotatable bonds is 19. The van der Waals surface area contributed by atoms with Gasteiger partial charge in [0.1, 0.15) is 0 Å². The van der Waals surface area contributed by atoms with Crippen LogP contribution in [0.15, 0.2) is 0 Å². The minimum absolute atomic E-state index is 0.000679. The maximum atomic E-state index is 11.9. The van der Waals surface area contributed by atoms with Crippen LogP contribution in [0.4, 0.5) is 0 Å². The van der Waals surface area contributed by atoms with E-state index < -0.39 is 10.8 Å². The molecule has 2 N–H and O–H groups in total. The standard InChI is InChI=1S/C14H24O6S9/c15-6-23-8-26-12(17)3-21-1-2-29(20)11-25-10-28-14(19)5-22-4-13(18)27-9-24-7-16/h15-16H,1-11H2. The highest BCUT2D eigenvalue weighted by molar-refractivity contribution is 8.27. The summed E-state index contributed by atoms with van der Waals surface area (Å²) in [5.41, 5.74) is 0. The molecule has 0 amide bonds. The first-order valence-electron chi connectivity index (χ1n) is 7.91. The molecule has 0 fully saturated rings. The molecule has 1 atom stereocenters. The summed E-state index contributed by atoms with van der Waals surface area (Å²) in [5, 5.41) is 19.4. The Kier molecular flexibility index (Phi) is 24.5. The summed E-state index contributed by atoms with van der Waals surface area (Å²) in [5.74, 6) is 2.10. The zero-order valence-electron chi connectivity index (χ0n) is 15.5. The number of hydrogen-bond donors (Lipinski definition) is 2. The summed E-state index contributed by atoms with van der Waals surface area (Å²) >= 11 is 10.3. The molecule has 0 aromatic heterocycles. The zero-order valence-corrected chi connectivity index (χ0v) is 22.8. The molecule has 1 unspecified atom stereocenters. The summed E-state index contributed by atoms with van der Waals surface area (Å²) < 4.78 is 11.9. The van der Waals surface area contributed by atoms with Crippen LogP contribution >= 0.6 is 94.1 Å². The van der Waals surface area contributed by atoms with Gasteiger partial charge in [0.15, 0.2) is 15.3 Å². The number of carbonyl (C=O) groups is 3. The second kappa shape index (κ2) is 23.1. The molecule has 0 aromatic carbocycles. The highest BCUT2D eigenvalue weighted by Crippen LogP contribution is 2.19. The lowest BCUT2D eigenvalue weighted by molar-refractivity contribution is -0.109. The van der Waals surface area contributed by atoms with E-state index >= 15 is 0 Å². The van der Waals surface area contributed by atoms with Gasteiger partial charge in [0.2, 0.25) is 0 Å². The Morgan fingerprint density at radius 1 is 0.655 bits per heavy atom. The van der Waals surface area contributed by atoms with Gasteiger partial charge in [0, 0.05) is 37.6 Å². The van der Waals surface area contributed by atoms with Crippen LogP contribution in [-0.4, -0.2) is 90.7 Å². The number of aliphatic hydroxyl groups excluding tert-OH is 2. The third-order valence-corrected chi connectivity index (χ3v) is 12.7. The van der Waals surface area contributed by atoms with Crippen LogP contribution in [0.25, 0.3) is 0 Å². The van der Waals surface area contributed by atoms with E-state index in [-0.39, 0.29) is 38.7 Å². The van der Waals surface area contributed by atoms with Gasteiger partial charge in [-0.05, 0) is 0 Å². The average Bonchev–Trinajstić information content (AvgIpc) is 2.69. The predicted octanol–water partition coefficient (Wildman–Crippen LogP) is 2.91. The fourth-order valence-electron chi connectivity index (χ4n) is 1.23. The molecule has 0 radical (unpaired) electrons. The SMILES string of the molecule is O=C(CSCCS(=O)CSCSC(=O)CSCC(=O)SCSCO)SCSCO. The van der Waals surface area contributed by atoms with Crippen molar-refractivity contribution in [3.8, 4) is 0 Å². The molecule has 0 heterocycles. The second-order valence-corrected chi connectivity index (χ2v) is 15.7. The van der Waals surface area contributed by atoms with Crippen molar-refractivity contribution >= 4 is 120 Å². The molecular formula is C14H24O6S9. The van der Waals surface area contributed by atoms with Crippen LogP contribution in [0, 0.1) is 0 Å². The Morgan fingerprint density at radius 2 is 1.10 bits per heavy atom. The quantitative estimate of drug-likeness (QED) is 0.174. The van der Waals surface area contributed by atoms with E-state index in [1.165, 1.54) is 82.3 Å². The number of hydrogen-bond acceptors (Lipinski definition) is 14. The molecule has 0 saturated heterocycles. The maximum absolute atomic E-state index is 11.9. The Hall–Kier alpha value is 1.88. The number of aliphatic hydroxyl groups is 2. The molecule has 0 spiro atoms. The van der Waals surface area contributed by atoms with Crippen LogP contribution in [0.3, 0.4) is 0 Å². The normalized spacial score (nSPS) is 12.1. The number of thioether (sulfide) groups is 8. The van der Waals surface area contributed by atoms with E-state index in [1.54, 1.807) is 0 Å². The lowest BCUT2D eigenvalue weighted by Gasteiger charge is -2.03. The maximum Gasteiger partial charge on any atom is 0.199 e. The van der Waals surface area contributed by atoms with Gasteiger partial charge in [-0.25, -0.2) is 0 Å². The fourth-order valence-corrected chi connectivity index (χ4v) is 10.2. The summed E-state index contributed by atoms with van der Waals surface area (Å²) in [6, 6.07) is 0. The minimum atomic E-state index is -0.982. The predicted molar refractivity (Wildman–Crippen MR) is 142 cm³/mol. The van der Waals surface area contributed by atoms with Crippen molar-refractivity contribution in [2.75, 3.05) is 61.0 Å². The van der Waals surface area contributed by atoms with Crippen molar-refractivity contribution in [2.45, 2.75) is 0 Å². The van der Waals surface area contributed by atoms with Gasteiger partial charge in [-0.1, -0.05) is 35.3 Å². The van der Waals surface area contributed by atoms with E-state index in [1.807, 2.05) is 0 Å².